The lowest BCUT2D eigenvalue weighted by Gasteiger charge is -2.46. The molecule has 1 unspecified atom stereocenters. The Labute approximate surface area is 161 Å². The van der Waals surface area contributed by atoms with Crippen molar-refractivity contribution >= 4 is 5.91 Å². The number of amides is 1. The van der Waals surface area contributed by atoms with Crippen molar-refractivity contribution in [2.24, 2.45) is 0 Å². The molecule has 2 aliphatic rings. The van der Waals surface area contributed by atoms with Gasteiger partial charge in [0.1, 0.15) is 12.4 Å². The standard InChI is InChI=1S/C22H27N3O2/c1-23-11-12-24-13-14-25(16-19(24)15-23)22(26)20-9-5-6-10-21(20)27-17-18-7-3-2-4-8-18/h2-10,19H,11-17H2,1H3. The van der Waals surface area contributed by atoms with Crippen molar-refractivity contribution in [3.8, 4) is 5.75 Å². The number of nitrogens with zero attached hydrogens (tertiary/aromatic N) is 3. The molecule has 2 saturated heterocycles. The molecule has 0 aromatic heterocycles. The van der Waals surface area contributed by atoms with Crippen molar-refractivity contribution in [2.45, 2.75) is 12.6 Å². The fourth-order valence-electron chi connectivity index (χ4n) is 3.97. The van der Waals surface area contributed by atoms with Gasteiger partial charge in [-0.05, 0) is 24.7 Å². The molecule has 2 aliphatic heterocycles. The molecule has 2 aromatic carbocycles. The first-order chi connectivity index (χ1) is 13.2. The zero-order valence-electron chi connectivity index (χ0n) is 15.9. The van der Waals surface area contributed by atoms with E-state index in [-0.39, 0.29) is 5.91 Å². The quantitative estimate of drug-likeness (QED) is 0.833. The summed E-state index contributed by atoms with van der Waals surface area (Å²) in [6.07, 6.45) is 0. The first-order valence-corrected chi connectivity index (χ1v) is 9.68. The Morgan fingerprint density at radius 2 is 1.70 bits per heavy atom. The molecule has 0 aliphatic carbocycles. The maximum Gasteiger partial charge on any atom is 0.257 e. The van der Waals surface area contributed by atoms with Gasteiger partial charge in [-0.15, -0.1) is 0 Å². The highest BCUT2D eigenvalue weighted by atomic mass is 16.5. The molecule has 0 spiro atoms. The van der Waals surface area contributed by atoms with E-state index in [1.807, 2.05) is 59.5 Å². The summed E-state index contributed by atoms with van der Waals surface area (Å²) in [5.41, 5.74) is 1.75. The molecule has 4 rings (SSSR count). The maximum atomic E-state index is 13.2. The van der Waals surface area contributed by atoms with Gasteiger partial charge in [0.25, 0.3) is 5.91 Å². The highest BCUT2D eigenvalue weighted by molar-refractivity contribution is 5.97. The van der Waals surface area contributed by atoms with Crippen LogP contribution in [-0.4, -0.2) is 73.0 Å². The second-order valence-electron chi connectivity index (χ2n) is 7.47. The summed E-state index contributed by atoms with van der Waals surface area (Å²) in [5.74, 6) is 0.737. The van der Waals surface area contributed by atoms with Crippen molar-refractivity contribution in [1.82, 2.24) is 14.7 Å². The van der Waals surface area contributed by atoms with Crippen LogP contribution in [0.1, 0.15) is 15.9 Å². The van der Waals surface area contributed by atoms with Crippen molar-refractivity contribution in [3.05, 3.63) is 65.7 Å². The molecule has 5 heteroatoms. The number of likely N-dealkylation sites (N-methyl/N-ethyl adjacent to an activating group) is 1. The van der Waals surface area contributed by atoms with Crippen molar-refractivity contribution in [2.75, 3.05) is 46.3 Å². The van der Waals surface area contributed by atoms with Crippen LogP contribution in [0.4, 0.5) is 0 Å². The molecule has 0 N–H and O–H groups in total. The topological polar surface area (TPSA) is 36.0 Å². The van der Waals surface area contributed by atoms with Gasteiger partial charge in [-0.25, -0.2) is 0 Å². The van der Waals surface area contributed by atoms with Gasteiger partial charge in [0.05, 0.1) is 5.56 Å². The van der Waals surface area contributed by atoms with Crippen LogP contribution in [0.25, 0.3) is 0 Å². The van der Waals surface area contributed by atoms with E-state index < -0.39 is 0 Å². The zero-order chi connectivity index (χ0) is 18.6. The highest BCUT2D eigenvalue weighted by Crippen LogP contribution is 2.23. The zero-order valence-corrected chi connectivity index (χ0v) is 15.9. The average molecular weight is 365 g/mol. The van der Waals surface area contributed by atoms with E-state index in [4.69, 9.17) is 4.74 Å². The minimum Gasteiger partial charge on any atom is -0.488 e. The Kier molecular flexibility index (Phi) is 5.41. The second kappa shape index (κ2) is 8.11. The smallest absolute Gasteiger partial charge is 0.257 e. The monoisotopic (exact) mass is 365 g/mol. The van der Waals surface area contributed by atoms with Crippen LogP contribution in [0.2, 0.25) is 0 Å². The third kappa shape index (κ3) is 4.15. The van der Waals surface area contributed by atoms with Gasteiger partial charge in [-0.3, -0.25) is 9.69 Å². The van der Waals surface area contributed by atoms with E-state index in [0.717, 1.165) is 44.8 Å². The van der Waals surface area contributed by atoms with Gasteiger partial charge in [-0.1, -0.05) is 42.5 Å². The molecule has 2 heterocycles. The minimum atomic E-state index is 0.0755. The van der Waals surface area contributed by atoms with Crippen LogP contribution >= 0.6 is 0 Å². The molecule has 0 saturated carbocycles. The van der Waals surface area contributed by atoms with Gasteiger partial charge < -0.3 is 14.5 Å². The van der Waals surface area contributed by atoms with Crippen LogP contribution in [0.5, 0.6) is 5.75 Å². The molecular weight excluding hydrogens is 338 g/mol. The number of fused-ring (bicyclic) bond motifs is 1. The fraction of sp³-hybridized carbons (Fsp3) is 0.409. The van der Waals surface area contributed by atoms with Crippen LogP contribution < -0.4 is 4.74 Å². The molecule has 27 heavy (non-hydrogen) atoms. The molecular formula is C22H27N3O2. The number of hydrogen-bond donors (Lipinski definition) is 0. The summed E-state index contributed by atoms with van der Waals surface area (Å²) in [6.45, 7) is 6.22. The molecule has 5 nitrogen and oxygen atoms in total. The summed E-state index contributed by atoms with van der Waals surface area (Å²) in [5, 5.41) is 0. The Bertz CT molecular complexity index is 780. The first-order valence-electron chi connectivity index (χ1n) is 9.68. The molecule has 2 aromatic rings. The molecule has 0 radical (unpaired) electrons. The van der Waals surface area contributed by atoms with Gasteiger partial charge >= 0.3 is 0 Å². The Balaban J connectivity index is 1.45. The fourth-order valence-corrected chi connectivity index (χ4v) is 3.97. The van der Waals surface area contributed by atoms with Gasteiger partial charge in [0, 0.05) is 45.3 Å². The van der Waals surface area contributed by atoms with Crippen molar-refractivity contribution in [3.63, 3.8) is 0 Å². The van der Waals surface area contributed by atoms with Gasteiger partial charge in [0.15, 0.2) is 0 Å². The Morgan fingerprint density at radius 3 is 2.56 bits per heavy atom. The molecule has 142 valence electrons. The molecule has 0 bridgehead atoms. The lowest BCUT2D eigenvalue weighted by molar-refractivity contribution is 0.0188. The second-order valence-corrected chi connectivity index (χ2v) is 7.47. The summed E-state index contributed by atoms with van der Waals surface area (Å²) in [6, 6.07) is 18.1. The number of para-hydroxylation sites is 1. The molecule has 1 amide bonds. The summed E-state index contributed by atoms with van der Waals surface area (Å²) in [4.78, 5) is 20.1. The van der Waals surface area contributed by atoms with E-state index in [1.165, 1.54) is 0 Å². The van der Waals surface area contributed by atoms with E-state index in [0.29, 0.717) is 24.0 Å². The first kappa shape index (κ1) is 18.0. The maximum absolute atomic E-state index is 13.2. The number of rotatable bonds is 4. The Morgan fingerprint density at radius 1 is 0.963 bits per heavy atom. The summed E-state index contributed by atoms with van der Waals surface area (Å²) < 4.78 is 5.99. The predicted molar refractivity (Wildman–Crippen MR) is 106 cm³/mol. The van der Waals surface area contributed by atoms with Crippen LogP contribution in [-0.2, 0) is 6.61 Å². The largest absolute Gasteiger partial charge is 0.488 e. The van der Waals surface area contributed by atoms with Gasteiger partial charge in [0.2, 0.25) is 0 Å². The van der Waals surface area contributed by atoms with E-state index >= 15 is 0 Å². The summed E-state index contributed by atoms with van der Waals surface area (Å²) in [7, 11) is 2.16. The van der Waals surface area contributed by atoms with Gasteiger partial charge in [-0.2, -0.15) is 0 Å². The normalized spacial score (nSPS) is 20.9. The highest BCUT2D eigenvalue weighted by Gasteiger charge is 2.33. The predicted octanol–water partition coefficient (Wildman–Crippen LogP) is 2.34. The number of piperazine rings is 2. The van der Waals surface area contributed by atoms with Crippen LogP contribution in [0.15, 0.2) is 54.6 Å². The molecule has 1 atom stereocenters. The van der Waals surface area contributed by atoms with Crippen molar-refractivity contribution in [1.29, 1.82) is 0 Å². The van der Waals surface area contributed by atoms with E-state index in [1.54, 1.807) is 0 Å². The van der Waals surface area contributed by atoms with Crippen LogP contribution in [0, 0.1) is 0 Å². The SMILES string of the molecule is CN1CCN2CCN(C(=O)c3ccccc3OCc3ccccc3)CC2C1. The van der Waals surface area contributed by atoms with E-state index in [2.05, 4.69) is 16.8 Å². The lowest BCUT2D eigenvalue weighted by atomic mass is 10.1. The number of benzene rings is 2. The summed E-state index contributed by atoms with van der Waals surface area (Å²) >= 11 is 0. The third-order valence-electron chi connectivity index (χ3n) is 5.54. The average Bonchev–Trinajstić information content (AvgIpc) is 2.72. The lowest BCUT2D eigenvalue weighted by Crippen LogP contribution is -2.62. The molecule has 2 fully saturated rings. The third-order valence-corrected chi connectivity index (χ3v) is 5.54. The Hall–Kier alpha value is -2.37. The number of ether oxygens (including phenoxy) is 1. The van der Waals surface area contributed by atoms with Crippen molar-refractivity contribution < 1.29 is 9.53 Å². The number of hydrogen-bond acceptors (Lipinski definition) is 4. The van der Waals surface area contributed by atoms with Crippen LogP contribution in [0.3, 0.4) is 0 Å². The minimum absolute atomic E-state index is 0.0755. The van der Waals surface area contributed by atoms with E-state index in [9.17, 15) is 4.79 Å². The number of carbonyl (C=O) groups is 1. The number of carbonyl (C=O) groups excluding carboxylic acids is 1.